The Hall–Kier alpha value is -2.58. The number of rotatable bonds is 12. The van der Waals surface area contributed by atoms with E-state index in [4.69, 9.17) is 11.6 Å². The van der Waals surface area contributed by atoms with E-state index >= 15 is 0 Å². The standard InChI is InChI=1S/C26H36ClN3O4S/c1-6-24(26(32)28-19(2)3)29(18-21-11-8-7-10-20(21)4)25(31)12-9-17-30(35(5,33)34)23-15-13-22(27)14-16-23/h7-8,10-11,13-16,19,24H,6,9,12,17-18H2,1-5H3,(H,28,32). The maximum absolute atomic E-state index is 13.4. The molecule has 0 spiro atoms. The van der Waals surface area contributed by atoms with Crippen LogP contribution in [-0.4, -0.2) is 50.0 Å². The third-order valence-electron chi connectivity index (χ3n) is 5.69. The lowest BCUT2D eigenvalue weighted by atomic mass is 10.0. The molecule has 2 aromatic rings. The van der Waals surface area contributed by atoms with Gasteiger partial charge in [-0.3, -0.25) is 13.9 Å². The lowest BCUT2D eigenvalue weighted by Crippen LogP contribution is -2.50. The van der Waals surface area contributed by atoms with Crippen molar-refractivity contribution in [1.29, 1.82) is 0 Å². The lowest BCUT2D eigenvalue weighted by molar-refractivity contribution is -0.141. The first-order valence-electron chi connectivity index (χ1n) is 11.8. The van der Waals surface area contributed by atoms with Gasteiger partial charge in [-0.15, -0.1) is 0 Å². The summed E-state index contributed by atoms with van der Waals surface area (Å²) >= 11 is 5.94. The molecule has 9 heteroatoms. The first-order valence-corrected chi connectivity index (χ1v) is 14.0. The normalized spacial score (nSPS) is 12.3. The Morgan fingerprint density at radius 2 is 1.69 bits per heavy atom. The predicted molar refractivity (Wildman–Crippen MR) is 142 cm³/mol. The quantitative estimate of drug-likeness (QED) is 0.444. The smallest absolute Gasteiger partial charge is 0.243 e. The van der Waals surface area contributed by atoms with Crippen molar-refractivity contribution in [3.63, 3.8) is 0 Å². The molecule has 1 N–H and O–H groups in total. The van der Waals surface area contributed by atoms with Crippen LogP contribution in [0.1, 0.15) is 51.2 Å². The number of anilines is 1. The highest BCUT2D eigenvalue weighted by Gasteiger charge is 2.29. The second-order valence-corrected chi connectivity index (χ2v) is 11.3. The van der Waals surface area contributed by atoms with Crippen molar-refractivity contribution < 1.29 is 18.0 Å². The van der Waals surface area contributed by atoms with Gasteiger partial charge in [0.1, 0.15) is 6.04 Å². The fourth-order valence-electron chi connectivity index (χ4n) is 3.88. The van der Waals surface area contributed by atoms with E-state index in [2.05, 4.69) is 5.32 Å². The van der Waals surface area contributed by atoms with E-state index in [1.807, 2.05) is 52.0 Å². The minimum absolute atomic E-state index is 0.0466. The molecule has 2 rings (SSSR count). The van der Waals surface area contributed by atoms with Crippen molar-refractivity contribution in [2.75, 3.05) is 17.1 Å². The van der Waals surface area contributed by atoms with Crippen molar-refractivity contribution in [2.45, 2.75) is 65.6 Å². The van der Waals surface area contributed by atoms with Crippen LogP contribution < -0.4 is 9.62 Å². The fourth-order valence-corrected chi connectivity index (χ4v) is 4.97. The zero-order chi connectivity index (χ0) is 26.2. The second kappa shape index (κ2) is 12.9. The number of nitrogens with one attached hydrogen (secondary N) is 1. The molecule has 0 aromatic heterocycles. The van der Waals surface area contributed by atoms with E-state index in [0.717, 1.165) is 17.4 Å². The highest BCUT2D eigenvalue weighted by molar-refractivity contribution is 7.92. The summed E-state index contributed by atoms with van der Waals surface area (Å²) < 4.78 is 26.1. The number of aryl methyl sites for hydroxylation is 1. The first-order chi connectivity index (χ1) is 16.4. The minimum Gasteiger partial charge on any atom is -0.352 e. The van der Waals surface area contributed by atoms with Gasteiger partial charge in [0.05, 0.1) is 11.9 Å². The average molecular weight is 522 g/mol. The molecule has 0 saturated heterocycles. The largest absolute Gasteiger partial charge is 0.352 e. The molecular formula is C26H36ClN3O4S. The van der Waals surface area contributed by atoms with Crippen molar-refractivity contribution in [1.82, 2.24) is 10.2 Å². The van der Waals surface area contributed by atoms with Crippen LogP contribution in [0.25, 0.3) is 0 Å². The van der Waals surface area contributed by atoms with Crippen LogP contribution in [0.2, 0.25) is 5.02 Å². The maximum atomic E-state index is 13.4. The van der Waals surface area contributed by atoms with Gasteiger partial charge in [0, 0.05) is 30.6 Å². The number of benzene rings is 2. The molecule has 0 aliphatic carbocycles. The van der Waals surface area contributed by atoms with E-state index in [1.165, 1.54) is 4.31 Å². The van der Waals surface area contributed by atoms with E-state index in [1.54, 1.807) is 29.2 Å². The van der Waals surface area contributed by atoms with Crippen LogP contribution >= 0.6 is 11.6 Å². The number of hydrogen-bond acceptors (Lipinski definition) is 4. The number of amides is 2. The van der Waals surface area contributed by atoms with Gasteiger partial charge >= 0.3 is 0 Å². The van der Waals surface area contributed by atoms with Crippen LogP contribution in [0.15, 0.2) is 48.5 Å². The highest BCUT2D eigenvalue weighted by Crippen LogP contribution is 2.22. The Morgan fingerprint density at radius 3 is 2.23 bits per heavy atom. The van der Waals surface area contributed by atoms with Gasteiger partial charge in [-0.1, -0.05) is 42.8 Å². The van der Waals surface area contributed by atoms with Crippen molar-refractivity contribution in [3.8, 4) is 0 Å². The zero-order valence-electron chi connectivity index (χ0n) is 21.1. The summed E-state index contributed by atoms with van der Waals surface area (Å²) in [5, 5.41) is 3.43. The summed E-state index contributed by atoms with van der Waals surface area (Å²) in [6.45, 7) is 8.07. The summed E-state index contributed by atoms with van der Waals surface area (Å²) in [5.41, 5.74) is 2.50. The molecule has 0 saturated carbocycles. The minimum atomic E-state index is -3.55. The molecular weight excluding hydrogens is 486 g/mol. The Morgan fingerprint density at radius 1 is 1.06 bits per heavy atom. The number of sulfonamides is 1. The number of hydrogen-bond donors (Lipinski definition) is 1. The predicted octanol–water partition coefficient (Wildman–Crippen LogP) is 4.53. The van der Waals surface area contributed by atoms with E-state index in [-0.39, 0.29) is 30.8 Å². The molecule has 0 aliphatic rings. The molecule has 0 fully saturated rings. The number of nitrogens with zero attached hydrogens (tertiary/aromatic N) is 2. The van der Waals surface area contributed by atoms with Gasteiger partial charge in [0.25, 0.3) is 0 Å². The van der Waals surface area contributed by atoms with Crippen molar-refractivity contribution in [3.05, 3.63) is 64.7 Å². The molecule has 2 aromatic carbocycles. The summed E-state index contributed by atoms with van der Waals surface area (Å²) in [4.78, 5) is 28.0. The Kier molecular flexibility index (Phi) is 10.6. The zero-order valence-corrected chi connectivity index (χ0v) is 22.7. The molecule has 0 radical (unpaired) electrons. The number of carbonyl (C=O) groups excluding carboxylic acids is 2. The first kappa shape index (κ1) is 28.7. The molecule has 1 unspecified atom stereocenters. The van der Waals surface area contributed by atoms with Crippen LogP contribution in [0, 0.1) is 6.92 Å². The van der Waals surface area contributed by atoms with Crippen LogP contribution in [0.4, 0.5) is 5.69 Å². The SMILES string of the molecule is CCC(C(=O)NC(C)C)N(Cc1ccccc1C)C(=O)CCCN(c1ccc(Cl)cc1)S(C)(=O)=O. The fraction of sp³-hybridized carbons (Fsp3) is 0.462. The Labute approximate surface area is 214 Å². The van der Waals surface area contributed by atoms with Crippen LogP contribution in [0.3, 0.4) is 0 Å². The van der Waals surface area contributed by atoms with Gasteiger partial charge in [-0.2, -0.15) is 0 Å². The molecule has 0 heterocycles. The maximum Gasteiger partial charge on any atom is 0.243 e. The monoisotopic (exact) mass is 521 g/mol. The third kappa shape index (κ3) is 8.54. The highest BCUT2D eigenvalue weighted by atomic mass is 35.5. The molecule has 0 bridgehead atoms. The van der Waals surface area contributed by atoms with Crippen LogP contribution in [0.5, 0.6) is 0 Å². The van der Waals surface area contributed by atoms with Gasteiger partial charge in [0.2, 0.25) is 21.8 Å². The van der Waals surface area contributed by atoms with Gasteiger partial charge < -0.3 is 10.2 Å². The molecule has 1 atom stereocenters. The third-order valence-corrected chi connectivity index (χ3v) is 7.13. The van der Waals surface area contributed by atoms with Gasteiger partial charge in [-0.25, -0.2) is 8.42 Å². The molecule has 7 nitrogen and oxygen atoms in total. The van der Waals surface area contributed by atoms with E-state index in [9.17, 15) is 18.0 Å². The molecule has 35 heavy (non-hydrogen) atoms. The average Bonchev–Trinajstić information content (AvgIpc) is 2.77. The van der Waals surface area contributed by atoms with Gasteiger partial charge in [0.15, 0.2) is 0 Å². The van der Waals surface area contributed by atoms with Crippen molar-refractivity contribution in [2.24, 2.45) is 0 Å². The molecule has 192 valence electrons. The van der Waals surface area contributed by atoms with Gasteiger partial charge in [-0.05, 0) is 69.0 Å². The van der Waals surface area contributed by atoms with E-state index in [0.29, 0.717) is 30.1 Å². The number of halogens is 1. The topological polar surface area (TPSA) is 86.8 Å². The number of carbonyl (C=O) groups is 2. The summed E-state index contributed by atoms with van der Waals surface area (Å²) in [7, 11) is -3.55. The molecule has 0 aliphatic heterocycles. The van der Waals surface area contributed by atoms with Crippen LogP contribution in [-0.2, 0) is 26.2 Å². The Bertz CT molecular complexity index is 1100. The van der Waals surface area contributed by atoms with E-state index < -0.39 is 16.1 Å². The Balaban J connectivity index is 2.22. The summed E-state index contributed by atoms with van der Waals surface area (Å²) in [6.07, 6.45) is 2.02. The van der Waals surface area contributed by atoms with Crippen molar-refractivity contribution >= 4 is 39.1 Å². The summed E-state index contributed by atoms with van der Waals surface area (Å²) in [6, 6.07) is 13.6. The molecule has 2 amide bonds. The second-order valence-electron chi connectivity index (χ2n) is 8.95. The lowest BCUT2D eigenvalue weighted by Gasteiger charge is -2.32. The summed E-state index contributed by atoms with van der Waals surface area (Å²) in [5.74, 6) is -0.382.